The van der Waals surface area contributed by atoms with E-state index in [0.717, 1.165) is 12.8 Å². The summed E-state index contributed by atoms with van der Waals surface area (Å²) in [7, 11) is 0. The van der Waals surface area contributed by atoms with Gasteiger partial charge in [0.15, 0.2) is 5.11 Å². The van der Waals surface area contributed by atoms with Crippen LogP contribution in [0.1, 0.15) is 32.1 Å². The van der Waals surface area contributed by atoms with Crippen molar-refractivity contribution < 1.29 is 4.79 Å². The molecule has 4 heteroatoms. The molecule has 2 fully saturated rings. The van der Waals surface area contributed by atoms with Gasteiger partial charge in [0.2, 0.25) is 5.91 Å². The fourth-order valence-electron chi connectivity index (χ4n) is 2.20. The number of amides is 1. The maximum atomic E-state index is 11.6. The molecule has 1 aliphatic heterocycles. The van der Waals surface area contributed by atoms with Gasteiger partial charge in [-0.15, -0.1) is 0 Å². The largest absolute Gasteiger partial charge is 0.359 e. The lowest BCUT2D eigenvalue weighted by atomic mass is 9.92. The van der Waals surface area contributed by atoms with Gasteiger partial charge < -0.3 is 10.6 Å². The zero-order valence-electron chi connectivity index (χ0n) is 7.51. The predicted molar refractivity (Wildman–Crippen MR) is 54.2 cm³/mol. The van der Waals surface area contributed by atoms with Gasteiger partial charge >= 0.3 is 0 Å². The van der Waals surface area contributed by atoms with E-state index in [1.54, 1.807) is 0 Å². The number of carbonyl (C=O) groups is 1. The van der Waals surface area contributed by atoms with Gasteiger partial charge in [0.1, 0.15) is 0 Å². The Kier molecular flexibility index (Phi) is 2.49. The summed E-state index contributed by atoms with van der Waals surface area (Å²) in [4.78, 5) is 11.6. The molecule has 1 saturated carbocycles. The highest BCUT2D eigenvalue weighted by Crippen LogP contribution is 2.25. The molecular weight excluding hydrogens is 184 g/mol. The number of thiocarbonyl (C=S) groups is 1. The van der Waals surface area contributed by atoms with Gasteiger partial charge in [-0.25, -0.2) is 0 Å². The van der Waals surface area contributed by atoms with Crippen molar-refractivity contribution in [3.05, 3.63) is 0 Å². The summed E-state index contributed by atoms with van der Waals surface area (Å²) in [5.74, 6) is 0.268. The minimum Gasteiger partial charge on any atom is -0.359 e. The monoisotopic (exact) mass is 198 g/mol. The third-order valence-corrected chi connectivity index (χ3v) is 3.13. The van der Waals surface area contributed by atoms with Gasteiger partial charge in [-0.1, -0.05) is 19.3 Å². The van der Waals surface area contributed by atoms with Crippen molar-refractivity contribution in [2.75, 3.05) is 0 Å². The predicted octanol–water partition coefficient (Wildman–Crippen LogP) is 0.940. The zero-order chi connectivity index (χ0) is 9.26. The lowest BCUT2D eigenvalue weighted by molar-refractivity contribution is -0.125. The lowest BCUT2D eigenvalue weighted by Crippen LogP contribution is -2.57. The van der Waals surface area contributed by atoms with Crippen LogP contribution in [0.15, 0.2) is 0 Å². The highest BCUT2D eigenvalue weighted by molar-refractivity contribution is 7.80. The Labute approximate surface area is 83.3 Å². The van der Waals surface area contributed by atoms with Crippen molar-refractivity contribution in [3.8, 4) is 0 Å². The van der Waals surface area contributed by atoms with Gasteiger partial charge in [-0.2, -0.15) is 0 Å². The molecule has 13 heavy (non-hydrogen) atoms. The molecule has 2 unspecified atom stereocenters. The highest BCUT2D eigenvalue weighted by Gasteiger charge is 2.34. The first-order valence-electron chi connectivity index (χ1n) is 4.89. The third-order valence-electron chi connectivity index (χ3n) is 2.91. The fraction of sp³-hybridized carbons (Fsp3) is 0.778. The smallest absolute Gasteiger partial charge is 0.231 e. The summed E-state index contributed by atoms with van der Waals surface area (Å²) in [6, 6.07) is 0.295. The van der Waals surface area contributed by atoms with Crippen LogP contribution in [0.3, 0.4) is 0 Å². The molecule has 3 nitrogen and oxygen atoms in total. The van der Waals surface area contributed by atoms with E-state index in [1.807, 2.05) is 0 Å². The summed E-state index contributed by atoms with van der Waals surface area (Å²) in [6.45, 7) is 0. The van der Waals surface area contributed by atoms with E-state index in [-0.39, 0.29) is 11.8 Å². The maximum Gasteiger partial charge on any atom is 0.231 e. The Bertz CT molecular complexity index is 242. The summed E-state index contributed by atoms with van der Waals surface area (Å²) < 4.78 is 0. The molecule has 1 aliphatic carbocycles. The molecule has 72 valence electrons. The van der Waals surface area contributed by atoms with E-state index in [9.17, 15) is 4.79 Å². The molecule has 2 rings (SSSR count). The normalized spacial score (nSPS) is 34.2. The van der Waals surface area contributed by atoms with E-state index >= 15 is 0 Å². The highest BCUT2D eigenvalue weighted by atomic mass is 32.1. The number of fused-ring (bicyclic) bond motifs is 1. The molecule has 1 amide bonds. The van der Waals surface area contributed by atoms with Crippen LogP contribution in [0.2, 0.25) is 0 Å². The summed E-state index contributed by atoms with van der Waals surface area (Å²) in [5, 5.41) is 6.38. The first-order chi connectivity index (χ1) is 6.27. The van der Waals surface area contributed by atoms with Crippen molar-refractivity contribution in [3.63, 3.8) is 0 Å². The van der Waals surface area contributed by atoms with Crippen molar-refractivity contribution in [2.24, 2.45) is 5.92 Å². The average molecular weight is 198 g/mol. The fourth-order valence-corrected chi connectivity index (χ4v) is 2.46. The van der Waals surface area contributed by atoms with Crippen LogP contribution >= 0.6 is 12.2 Å². The number of nitrogens with one attached hydrogen (secondary N) is 2. The topological polar surface area (TPSA) is 41.1 Å². The quantitative estimate of drug-likeness (QED) is 0.569. The molecule has 1 saturated heterocycles. The van der Waals surface area contributed by atoms with Gasteiger partial charge in [0.25, 0.3) is 0 Å². The number of carbonyl (C=O) groups excluding carboxylic acids is 1. The molecule has 0 radical (unpaired) electrons. The van der Waals surface area contributed by atoms with E-state index < -0.39 is 0 Å². The van der Waals surface area contributed by atoms with Crippen molar-refractivity contribution in [2.45, 2.75) is 38.1 Å². The molecule has 0 aromatic heterocycles. The van der Waals surface area contributed by atoms with Crippen molar-refractivity contribution in [1.82, 2.24) is 10.6 Å². The van der Waals surface area contributed by atoms with Crippen molar-refractivity contribution in [1.29, 1.82) is 0 Å². The number of hydrogen-bond acceptors (Lipinski definition) is 2. The van der Waals surface area contributed by atoms with E-state index in [4.69, 9.17) is 12.2 Å². The standard InChI is InChI=1S/C9H14N2OS/c12-8-6-4-2-1-3-5-7(6)10-9(13)11-8/h6-7H,1-5H2,(H2,10,11,12,13). The van der Waals surface area contributed by atoms with Crippen molar-refractivity contribution >= 4 is 23.2 Å². The van der Waals surface area contributed by atoms with Crippen LogP contribution in [0.25, 0.3) is 0 Å². The molecule has 1 heterocycles. The molecule has 2 atom stereocenters. The maximum absolute atomic E-state index is 11.6. The van der Waals surface area contributed by atoms with Gasteiger partial charge in [0, 0.05) is 6.04 Å². The van der Waals surface area contributed by atoms with E-state index in [1.165, 1.54) is 19.3 Å². The summed E-state index contributed by atoms with van der Waals surface area (Å²) in [5.41, 5.74) is 0. The Morgan fingerprint density at radius 1 is 1.23 bits per heavy atom. The van der Waals surface area contributed by atoms with E-state index in [2.05, 4.69) is 10.6 Å². The lowest BCUT2D eigenvalue weighted by Gasteiger charge is -2.31. The Hall–Kier alpha value is -0.640. The summed E-state index contributed by atoms with van der Waals surface area (Å²) >= 11 is 4.95. The Balaban J connectivity index is 2.11. The molecule has 0 bridgehead atoms. The third kappa shape index (κ3) is 1.82. The SMILES string of the molecule is O=C1NC(=S)NC2CCCCCC12. The van der Waals surface area contributed by atoms with Gasteiger partial charge in [-0.3, -0.25) is 4.79 Å². The molecule has 2 N–H and O–H groups in total. The van der Waals surface area contributed by atoms with Gasteiger partial charge in [-0.05, 0) is 25.1 Å². The second kappa shape index (κ2) is 3.62. The molecule has 0 spiro atoms. The van der Waals surface area contributed by atoms with Crippen LogP contribution < -0.4 is 10.6 Å². The number of hydrogen-bond donors (Lipinski definition) is 2. The molecular formula is C9H14N2OS. The minimum absolute atomic E-state index is 0.121. The molecule has 2 aliphatic rings. The van der Waals surface area contributed by atoms with Gasteiger partial charge in [0.05, 0.1) is 5.92 Å². The molecule has 0 aromatic carbocycles. The first kappa shape index (κ1) is 8.94. The first-order valence-corrected chi connectivity index (χ1v) is 5.29. The Morgan fingerprint density at radius 3 is 2.85 bits per heavy atom. The average Bonchev–Trinajstić information content (AvgIpc) is 2.28. The van der Waals surface area contributed by atoms with Crippen LogP contribution in [-0.2, 0) is 4.79 Å². The van der Waals surface area contributed by atoms with Crippen LogP contribution in [0.5, 0.6) is 0 Å². The van der Waals surface area contributed by atoms with Crippen LogP contribution in [0, 0.1) is 5.92 Å². The second-order valence-corrected chi connectivity index (χ2v) is 4.22. The zero-order valence-corrected chi connectivity index (χ0v) is 8.32. The second-order valence-electron chi connectivity index (χ2n) is 3.81. The van der Waals surface area contributed by atoms with E-state index in [0.29, 0.717) is 11.2 Å². The summed E-state index contributed by atoms with van der Waals surface area (Å²) in [6.07, 6.45) is 5.71. The number of rotatable bonds is 0. The molecule has 0 aromatic rings. The minimum atomic E-state index is 0.121. The Morgan fingerprint density at radius 2 is 2.00 bits per heavy atom. The van der Waals surface area contributed by atoms with Crippen LogP contribution in [-0.4, -0.2) is 17.1 Å². The van der Waals surface area contributed by atoms with Crippen LogP contribution in [0.4, 0.5) is 0 Å².